The molecule has 0 saturated heterocycles. The molecule has 0 radical (unpaired) electrons. The largest absolute Gasteiger partial charge is 0.386 e. The van der Waals surface area contributed by atoms with Crippen molar-refractivity contribution in [2.75, 3.05) is 5.75 Å². The number of hydrogen-bond donors (Lipinski definition) is 0. The van der Waals surface area contributed by atoms with Crippen molar-refractivity contribution in [3.05, 3.63) is 0 Å². The molecule has 15 heavy (non-hydrogen) atoms. The van der Waals surface area contributed by atoms with Crippen LogP contribution in [0.1, 0.15) is 41.5 Å². The van der Waals surface area contributed by atoms with Gasteiger partial charge in [-0.05, 0) is 5.92 Å². The standard InChI is InChI=1S/C8H18S2.C2H3F3/c1-7(2)6-9-10-8(3,4)5;1-2(3,4)5/h7H,6H2,1-5H3;1H3. The molecule has 0 spiro atoms. The second-order valence-corrected chi connectivity index (χ2v) is 7.82. The first kappa shape index (κ1) is 17.9. The van der Waals surface area contributed by atoms with Gasteiger partial charge in [0.1, 0.15) is 0 Å². The van der Waals surface area contributed by atoms with Crippen LogP contribution < -0.4 is 0 Å². The lowest BCUT2D eigenvalue weighted by Crippen LogP contribution is -2.05. The van der Waals surface area contributed by atoms with Gasteiger partial charge in [0, 0.05) is 17.4 Å². The highest BCUT2D eigenvalue weighted by molar-refractivity contribution is 8.77. The summed E-state index contributed by atoms with van der Waals surface area (Å²) in [4.78, 5) is 0. The van der Waals surface area contributed by atoms with Crippen molar-refractivity contribution in [2.24, 2.45) is 5.92 Å². The van der Waals surface area contributed by atoms with E-state index in [1.807, 2.05) is 21.6 Å². The van der Waals surface area contributed by atoms with E-state index in [0.29, 0.717) is 4.75 Å². The van der Waals surface area contributed by atoms with E-state index >= 15 is 0 Å². The van der Waals surface area contributed by atoms with Crippen LogP contribution in [0.5, 0.6) is 0 Å². The van der Waals surface area contributed by atoms with Gasteiger partial charge < -0.3 is 0 Å². The van der Waals surface area contributed by atoms with Crippen LogP contribution in [0, 0.1) is 5.92 Å². The molecule has 0 bridgehead atoms. The highest BCUT2D eigenvalue weighted by atomic mass is 33.1. The Hall–Kier alpha value is 0.490. The van der Waals surface area contributed by atoms with E-state index < -0.39 is 6.18 Å². The smallest absolute Gasteiger partial charge is 0.172 e. The maximum Gasteiger partial charge on any atom is 0.386 e. The minimum atomic E-state index is -4.00. The summed E-state index contributed by atoms with van der Waals surface area (Å²) in [5.41, 5.74) is 0. The van der Waals surface area contributed by atoms with E-state index in [2.05, 4.69) is 34.6 Å². The number of hydrogen-bond acceptors (Lipinski definition) is 2. The first-order chi connectivity index (χ1) is 6.42. The van der Waals surface area contributed by atoms with Crippen LogP contribution in [-0.2, 0) is 0 Å². The molecule has 0 saturated carbocycles. The quantitative estimate of drug-likeness (QED) is 0.625. The van der Waals surface area contributed by atoms with E-state index in [1.165, 1.54) is 5.75 Å². The summed E-state index contributed by atoms with van der Waals surface area (Å²) in [7, 11) is 3.96. The molecule has 94 valence electrons. The average Bonchev–Trinajstić information content (AvgIpc) is 1.77. The minimum absolute atomic E-state index is 0.188. The molecule has 0 nitrogen and oxygen atoms in total. The van der Waals surface area contributed by atoms with E-state index in [0.717, 1.165) is 5.92 Å². The molecule has 0 aromatic heterocycles. The second kappa shape index (κ2) is 7.71. The van der Waals surface area contributed by atoms with Crippen LogP contribution in [0.15, 0.2) is 0 Å². The molecule has 0 amide bonds. The Kier molecular flexibility index (Phi) is 9.19. The zero-order valence-corrected chi connectivity index (χ0v) is 11.9. The summed E-state index contributed by atoms with van der Waals surface area (Å²) < 4.78 is 31.5. The van der Waals surface area contributed by atoms with Gasteiger partial charge >= 0.3 is 6.18 Å². The van der Waals surface area contributed by atoms with Gasteiger partial charge in [-0.15, -0.1) is 0 Å². The lowest BCUT2D eigenvalue weighted by molar-refractivity contribution is -0.110. The molecule has 0 aromatic carbocycles. The van der Waals surface area contributed by atoms with Crippen molar-refractivity contribution >= 4 is 21.6 Å². The van der Waals surface area contributed by atoms with Crippen LogP contribution in [0.2, 0.25) is 0 Å². The summed E-state index contributed by atoms with van der Waals surface area (Å²) in [5.74, 6) is 2.09. The van der Waals surface area contributed by atoms with Crippen molar-refractivity contribution in [2.45, 2.75) is 52.5 Å². The Morgan fingerprint density at radius 2 is 1.33 bits per heavy atom. The normalized spacial score (nSPS) is 12.4. The third kappa shape index (κ3) is 40.3. The van der Waals surface area contributed by atoms with Gasteiger partial charge in [0.15, 0.2) is 0 Å². The van der Waals surface area contributed by atoms with Crippen LogP contribution in [-0.4, -0.2) is 16.7 Å². The zero-order chi connectivity index (χ0) is 12.7. The highest BCUT2D eigenvalue weighted by Gasteiger charge is 2.15. The van der Waals surface area contributed by atoms with Crippen molar-refractivity contribution in [3.8, 4) is 0 Å². The summed E-state index contributed by atoms with van der Waals surface area (Å²) in [6.45, 7) is 11.5. The maximum atomic E-state index is 10.4. The van der Waals surface area contributed by atoms with Crippen LogP contribution in [0.4, 0.5) is 13.2 Å². The predicted octanol–water partition coefficient (Wildman–Crippen LogP) is 5.39. The number of alkyl halides is 3. The van der Waals surface area contributed by atoms with E-state index in [9.17, 15) is 13.2 Å². The fraction of sp³-hybridized carbons (Fsp3) is 1.00. The van der Waals surface area contributed by atoms with Gasteiger partial charge in [0.2, 0.25) is 0 Å². The van der Waals surface area contributed by atoms with Gasteiger partial charge in [-0.3, -0.25) is 0 Å². The van der Waals surface area contributed by atoms with Gasteiger partial charge in [-0.2, -0.15) is 13.2 Å². The molecular weight excluding hydrogens is 241 g/mol. The zero-order valence-electron chi connectivity index (χ0n) is 10.2. The highest BCUT2D eigenvalue weighted by Crippen LogP contribution is 2.35. The molecule has 0 aliphatic heterocycles. The van der Waals surface area contributed by atoms with Crippen molar-refractivity contribution in [3.63, 3.8) is 0 Å². The van der Waals surface area contributed by atoms with Crippen LogP contribution >= 0.6 is 21.6 Å². The van der Waals surface area contributed by atoms with Gasteiger partial charge in [0.25, 0.3) is 0 Å². The topological polar surface area (TPSA) is 0 Å². The minimum Gasteiger partial charge on any atom is -0.172 e. The molecule has 0 unspecified atom stereocenters. The third-order valence-electron chi connectivity index (χ3n) is 0.710. The SMILES string of the molecule is CC(C)CSSC(C)(C)C.CC(F)(F)F. The molecule has 0 fully saturated rings. The molecule has 0 aromatic rings. The maximum absolute atomic E-state index is 10.4. The molecule has 0 rings (SSSR count). The van der Waals surface area contributed by atoms with Crippen molar-refractivity contribution < 1.29 is 13.2 Å². The first-order valence-corrected chi connectivity index (χ1v) is 7.11. The van der Waals surface area contributed by atoms with Crippen molar-refractivity contribution in [1.29, 1.82) is 0 Å². The molecule has 0 N–H and O–H groups in total. The lowest BCUT2D eigenvalue weighted by Gasteiger charge is -2.16. The lowest BCUT2D eigenvalue weighted by atomic mass is 10.3. The molecular formula is C10H21F3S2. The molecule has 0 atom stereocenters. The Morgan fingerprint density at radius 1 is 1.00 bits per heavy atom. The Morgan fingerprint density at radius 3 is 1.53 bits per heavy atom. The predicted molar refractivity (Wildman–Crippen MR) is 66.4 cm³/mol. The molecule has 0 aliphatic rings. The summed E-state index contributed by atoms with van der Waals surface area (Å²) in [6, 6.07) is 0. The average molecular weight is 262 g/mol. The monoisotopic (exact) mass is 262 g/mol. The van der Waals surface area contributed by atoms with Gasteiger partial charge in [-0.1, -0.05) is 56.2 Å². The number of rotatable bonds is 3. The van der Waals surface area contributed by atoms with Gasteiger partial charge in [0.05, 0.1) is 0 Å². The number of halogens is 3. The Labute approximate surface area is 99.2 Å². The summed E-state index contributed by atoms with van der Waals surface area (Å²) in [6.07, 6.45) is -4.00. The Bertz CT molecular complexity index is 142. The first-order valence-electron chi connectivity index (χ1n) is 4.79. The summed E-state index contributed by atoms with van der Waals surface area (Å²) >= 11 is 0. The third-order valence-corrected chi connectivity index (χ3v) is 4.39. The van der Waals surface area contributed by atoms with Crippen molar-refractivity contribution in [1.82, 2.24) is 0 Å². The van der Waals surface area contributed by atoms with E-state index in [1.54, 1.807) is 0 Å². The van der Waals surface area contributed by atoms with Gasteiger partial charge in [-0.25, -0.2) is 0 Å². The van der Waals surface area contributed by atoms with E-state index in [-0.39, 0.29) is 6.92 Å². The second-order valence-electron chi connectivity index (χ2n) is 4.66. The van der Waals surface area contributed by atoms with Crippen LogP contribution in [0.3, 0.4) is 0 Å². The fourth-order valence-electron chi connectivity index (χ4n) is 0.347. The molecule has 0 aliphatic carbocycles. The van der Waals surface area contributed by atoms with Crippen LogP contribution in [0.25, 0.3) is 0 Å². The molecule has 0 heterocycles. The van der Waals surface area contributed by atoms with E-state index in [4.69, 9.17) is 0 Å². The summed E-state index contributed by atoms with van der Waals surface area (Å²) in [5, 5.41) is 0. The fourth-order valence-corrected chi connectivity index (χ4v) is 3.12. The molecule has 5 heteroatoms. The Balaban J connectivity index is 0.